The molecular formula is C10H3Br2F3N4O. The summed E-state index contributed by atoms with van der Waals surface area (Å²) in [6, 6.07) is 5.43. The molecule has 0 bridgehead atoms. The first-order chi connectivity index (χ1) is 9.26. The highest BCUT2D eigenvalue weighted by Crippen LogP contribution is 2.38. The van der Waals surface area contributed by atoms with Crippen molar-refractivity contribution in [3.63, 3.8) is 0 Å². The molecule has 5 nitrogen and oxygen atoms in total. The number of benzene rings is 1. The zero-order chi connectivity index (χ0) is 15.3. The van der Waals surface area contributed by atoms with E-state index in [0.717, 1.165) is 6.07 Å². The van der Waals surface area contributed by atoms with Crippen LogP contribution in [0.2, 0.25) is 0 Å². The molecule has 0 spiro atoms. The molecule has 0 aliphatic rings. The van der Waals surface area contributed by atoms with Crippen molar-refractivity contribution in [1.82, 2.24) is 0 Å². The fraction of sp³-hybridized carbons (Fsp3) is 0.100. The van der Waals surface area contributed by atoms with Crippen LogP contribution in [0.15, 0.2) is 26.2 Å². The van der Waals surface area contributed by atoms with Crippen molar-refractivity contribution in [2.75, 3.05) is 5.43 Å². The molecule has 0 saturated heterocycles. The van der Waals surface area contributed by atoms with Gasteiger partial charge >= 0.3 is 6.36 Å². The smallest absolute Gasteiger partial charge is 0.403 e. The lowest BCUT2D eigenvalue weighted by Crippen LogP contribution is -2.18. The van der Waals surface area contributed by atoms with Gasteiger partial charge in [0.25, 0.3) is 0 Å². The number of hydrazone groups is 1. The molecule has 0 heterocycles. The van der Waals surface area contributed by atoms with E-state index in [4.69, 9.17) is 10.5 Å². The Kier molecular flexibility index (Phi) is 5.36. The van der Waals surface area contributed by atoms with Gasteiger partial charge < -0.3 is 4.74 Å². The fourth-order valence-electron chi connectivity index (χ4n) is 1.05. The first-order valence-electron chi connectivity index (χ1n) is 4.65. The van der Waals surface area contributed by atoms with E-state index in [-0.39, 0.29) is 10.2 Å². The van der Waals surface area contributed by atoms with Crippen LogP contribution in [0.1, 0.15) is 0 Å². The predicted octanol–water partition coefficient (Wildman–Crippen LogP) is 3.93. The second-order valence-electron chi connectivity index (χ2n) is 3.10. The first-order valence-corrected chi connectivity index (χ1v) is 6.24. The number of hydrogen-bond acceptors (Lipinski definition) is 5. The van der Waals surface area contributed by atoms with E-state index in [9.17, 15) is 13.2 Å². The van der Waals surface area contributed by atoms with Gasteiger partial charge in [-0.1, -0.05) is 15.9 Å². The molecule has 1 aromatic carbocycles. The number of ether oxygens (including phenoxy) is 1. The standard InChI is InChI=1S/C10H3Br2F3N4O/c11-5-1-7(12)9(19-18-6(3-16)4-17)8(2-5)20-10(13,14)15/h1-2,19H. The number of alkyl halides is 3. The van der Waals surface area contributed by atoms with E-state index < -0.39 is 17.8 Å². The van der Waals surface area contributed by atoms with Crippen molar-refractivity contribution < 1.29 is 17.9 Å². The highest BCUT2D eigenvalue weighted by molar-refractivity contribution is 9.11. The third-order valence-corrected chi connectivity index (χ3v) is 2.82. The summed E-state index contributed by atoms with van der Waals surface area (Å²) in [6.45, 7) is 0. The van der Waals surface area contributed by atoms with Gasteiger partial charge in [-0.15, -0.1) is 13.2 Å². The summed E-state index contributed by atoms with van der Waals surface area (Å²) in [4.78, 5) is 0. The van der Waals surface area contributed by atoms with Gasteiger partial charge in [-0.05, 0) is 28.1 Å². The third kappa shape index (κ3) is 4.72. The lowest BCUT2D eigenvalue weighted by Gasteiger charge is -2.14. The Hall–Kier alpha value is -1.78. The SMILES string of the molecule is N#CC(C#N)=NNc1c(Br)cc(Br)cc1OC(F)(F)F. The summed E-state index contributed by atoms with van der Waals surface area (Å²) in [5.74, 6) is -0.572. The molecule has 0 amide bonds. The van der Waals surface area contributed by atoms with Gasteiger partial charge in [-0.2, -0.15) is 15.6 Å². The monoisotopic (exact) mass is 410 g/mol. The van der Waals surface area contributed by atoms with E-state index in [1.54, 1.807) is 0 Å². The topological polar surface area (TPSA) is 81.2 Å². The molecule has 0 fully saturated rings. The van der Waals surface area contributed by atoms with Gasteiger partial charge in [0.05, 0.1) is 0 Å². The molecule has 0 aromatic heterocycles. The Morgan fingerprint density at radius 3 is 2.35 bits per heavy atom. The molecule has 1 aromatic rings. The fourth-order valence-corrected chi connectivity index (χ4v) is 2.33. The maximum Gasteiger partial charge on any atom is 0.573 e. The minimum absolute atomic E-state index is 0.173. The van der Waals surface area contributed by atoms with Gasteiger partial charge in [0.1, 0.15) is 17.8 Å². The Labute approximate surface area is 127 Å². The van der Waals surface area contributed by atoms with Crippen LogP contribution in [0.5, 0.6) is 5.75 Å². The summed E-state index contributed by atoms with van der Waals surface area (Å²) in [7, 11) is 0. The molecule has 0 radical (unpaired) electrons. The van der Waals surface area contributed by atoms with E-state index in [1.165, 1.54) is 18.2 Å². The molecule has 0 atom stereocenters. The Bertz CT molecular complexity index is 615. The zero-order valence-electron chi connectivity index (χ0n) is 9.29. The number of rotatable bonds is 3. The summed E-state index contributed by atoms with van der Waals surface area (Å²) >= 11 is 6.04. The molecule has 10 heteroatoms. The third-order valence-electron chi connectivity index (χ3n) is 1.74. The first kappa shape index (κ1) is 16.3. The van der Waals surface area contributed by atoms with E-state index in [2.05, 4.69) is 47.1 Å². The second-order valence-corrected chi connectivity index (χ2v) is 4.87. The van der Waals surface area contributed by atoms with Crippen molar-refractivity contribution in [2.24, 2.45) is 5.10 Å². The molecule has 0 aliphatic carbocycles. The van der Waals surface area contributed by atoms with Crippen molar-refractivity contribution in [1.29, 1.82) is 10.5 Å². The lowest BCUT2D eigenvalue weighted by atomic mass is 10.3. The summed E-state index contributed by atoms with van der Waals surface area (Å²) in [5.41, 5.74) is 1.47. The van der Waals surface area contributed by atoms with Crippen LogP contribution in [0.25, 0.3) is 0 Å². The van der Waals surface area contributed by atoms with Crippen LogP contribution in [0.3, 0.4) is 0 Å². The highest BCUT2D eigenvalue weighted by atomic mass is 79.9. The number of anilines is 1. The average molecular weight is 412 g/mol. The lowest BCUT2D eigenvalue weighted by molar-refractivity contribution is -0.274. The summed E-state index contributed by atoms with van der Waals surface area (Å²) in [5, 5.41) is 20.4. The number of nitriles is 2. The highest BCUT2D eigenvalue weighted by Gasteiger charge is 2.32. The second kappa shape index (κ2) is 6.59. The van der Waals surface area contributed by atoms with Crippen LogP contribution in [0.4, 0.5) is 18.9 Å². The van der Waals surface area contributed by atoms with Gasteiger partial charge in [0.2, 0.25) is 5.71 Å². The largest absolute Gasteiger partial charge is 0.573 e. The molecule has 0 saturated carbocycles. The Morgan fingerprint density at radius 2 is 1.85 bits per heavy atom. The van der Waals surface area contributed by atoms with Crippen LogP contribution < -0.4 is 10.2 Å². The maximum absolute atomic E-state index is 12.3. The van der Waals surface area contributed by atoms with Crippen LogP contribution in [0, 0.1) is 22.7 Å². The van der Waals surface area contributed by atoms with Gasteiger partial charge in [0, 0.05) is 8.95 Å². The maximum atomic E-state index is 12.3. The number of hydrogen-bond donors (Lipinski definition) is 1. The Morgan fingerprint density at radius 1 is 1.25 bits per heavy atom. The van der Waals surface area contributed by atoms with Gasteiger partial charge in [-0.3, -0.25) is 5.43 Å². The molecular weight excluding hydrogens is 409 g/mol. The van der Waals surface area contributed by atoms with Crippen molar-refractivity contribution in [3.05, 3.63) is 21.1 Å². The molecule has 0 aliphatic heterocycles. The average Bonchev–Trinajstić information content (AvgIpc) is 2.30. The van der Waals surface area contributed by atoms with Crippen LogP contribution in [-0.2, 0) is 0 Å². The molecule has 20 heavy (non-hydrogen) atoms. The van der Waals surface area contributed by atoms with Crippen LogP contribution in [-0.4, -0.2) is 12.1 Å². The number of nitrogens with one attached hydrogen (secondary N) is 1. The number of nitrogens with zero attached hydrogens (tertiary/aromatic N) is 3. The minimum Gasteiger partial charge on any atom is -0.403 e. The summed E-state index contributed by atoms with van der Waals surface area (Å²) in [6.07, 6.45) is -4.90. The zero-order valence-corrected chi connectivity index (χ0v) is 12.5. The van der Waals surface area contributed by atoms with E-state index >= 15 is 0 Å². The Balaban J connectivity index is 3.21. The predicted molar refractivity (Wildman–Crippen MR) is 70.8 cm³/mol. The van der Waals surface area contributed by atoms with E-state index in [0.29, 0.717) is 4.47 Å². The summed E-state index contributed by atoms with van der Waals surface area (Å²) < 4.78 is 41.3. The van der Waals surface area contributed by atoms with Crippen molar-refractivity contribution in [3.8, 4) is 17.9 Å². The number of halogens is 5. The van der Waals surface area contributed by atoms with Crippen molar-refractivity contribution in [2.45, 2.75) is 6.36 Å². The quantitative estimate of drug-likeness (QED) is 0.603. The minimum atomic E-state index is -4.90. The van der Waals surface area contributed by atoms with Crippen molar-refractivity contribution >= 4 is 43.3 Å². The van der Waals surface area contributed by atoms with Crippen LogP contribution >= 0.6 is 31.9 Å². The normalized spacial score (nSPS) is 10.2. The van der Waals surface area contributed by atoms with Gasteiger partial charge in [-0.25, -0.2) is 0 Å². The molecule has 1 N–H and O–H groups in total. The molecule has 1 rings (SSSR count). The molecule has 0 unspecified atom stereocenters. The molecule has 104 valence electrons. The van der Waals surface area contributed by atoms with E-state index in [1.807, 2.05) is 0 Å². The van der Waals surface area contributed by atoms with Gasteiger partial charge in [0.15, 0.2) is 5.75 Å².